The van der Waals surface area contributed by atoms with E-state index in [-0.39, 0.29) is 18.8 Å². The first-order valence-electron chi connectivity index (χ1n) is 10.7. The highest BCUT2D eigenvalue weighted by Gasteiger charge is 2.17. The van der Waals surface area contributed by atoms with Gasteiger partial charge >= 0.3 is 0 Å². The van der Waals surface area contributed by atoms with E-state index in [0.717, 1.165) is 22.4 Å². The van der Waals surface area contributed by atoms with Gasteiger partial charge in [-0.25, -0.2) is 4.68 Å². The van der Waals surface area contributed by atoms with Crippen molar-refractivity contribution >= 4 is 0 Å². The molecule has 0 bridgehead atoms. The van der Waals surface area contributed by atoms with Gasteiger partial charge in [0.25, 0.3) is 0 Å². The predicted octanol–water partition coefficient (Wildman–Crippen LogP) is 3.48. The van der Waals surface area contributed by atoms with Gasteiger partial charge < -0.3 is 15.2 Å². The minimum Gasteiger partial charge on any atom is -0.389 e. The Hall–Kier alpha value is -3.39. The molecule has 0 radical (unpaired) electrons. The van der Waals surface area contributed by atoms with Crippen molar-refractivity contribution in [3.8, 4) is 5.69 Å². The second-order valence-electron chi connectivity index (χ2n) is 7.66. The summed E-state index contributed by atoms with van der Waals surface area (Å²) in [4.78, 5) is 0. The van der Waals surface area contributed by atoms with Crippen LogP contribution in [0.4, 0.5) is 0 Å². The van der Waals surface area contributed by atoms with E-state index in [0.29, 0.717) is 6.54 Å². The summed E-state index contributed by atoms with van der Waals surface area (Å²) in [6.07, 6.45) is 0.710. The van der Waals surface area contributed by atoms with E-state index in [4.69, 9.17) is 4.74 Å². The number of benzene rings is 3. The summed E-state index contributed by atoms with van der Waals surface area (Å²) in [5.41, 5.74) is 4.14. The van der Waals surface area contributed by atoms with Gasteiger partial charge in [0, 0.05) is 12.6 Å². The predicted molar refractivity (Wildman–Crippen MR) is 122 cm³/mol. The molecule has 4 rings (SSSR count). The third-order valence-electron chi connectivity index (χ3n) is 5.33. The largest absolute Gasteiger partial charge is 0.389 e. The summed E-state index contributed by atoms with van der Waals surface area (Å²) < 4.78 is 7.77. The van der Waals surface area contributed by atoms with Crippen LogP contribution < -0.4 is 5.32 Å². The van der Waals surface area contributed by atoms with Gasteiger partial charge in [-0.05, 0) is 46.2 Å². The molecule has 0 saturated carbocycles. The van der Waals surface area contributed by atoms with E-state index in [1.807, 2.05) is 84.9 Å². The zero-order valence-corrected chi connectivity index (χ0v) is 18.0. The van der Waals surface area contributed by atoms with Crippen LogP contribution in [0.15, 0.2) is 91.3 Å². The van der Waals surface area contributed by atoms with Gasteiger partial charge in [-0.15, -0.1) is 5.10 Å². The molecular weight excluding hydrogens is 402 g/mol. The maximum Gasteiger partial charge on any atom is 0.143 e. The highest BCUT2D eigenvalue weighted by atomic mass is 16.5. The van der Waals surface area contributed by atoms with Crippen molar-refractivity contribution in [2.45, 2.75) is 25.2 Å². The summed E-state index contributed by atoms with van der Waals surface area (Å²) in [5.74, 6) is 0. The first-order valence-corrected chi connectivity index (χ1v) is 10.7. The van der Waals surface area contributed by atoms with E-state index in [9.17, 15) is 5.11 Å². The molecule has 1 aromatic heterocycles. The summed E-state index contributed by atoms with van der Waals surface area (Å²) in [6, 6.07) is 28.2. The van der Waals surface area contributed by atoms with E-state index >= 15 is 0 Å². The van der Waals surface area contributed by atoms with Crippen molar-refractivity contribution < 1.29 is 9.84 Å². The zero-order chi connectivity index (χ0) is 22.2. The minimum absolute atomic E-state index is 0.0756. The van der Waals surface area contributed by atoms with Crippen LogP contribution in [-0.4, -0.2) is 44.6 Å². The van der Waals surface area contributed by atoms with Crippen molar-refractivity contribution in [2.24, 2.45) is 0 Å². The van der Waals surface area contributed by atoms with Gasteiger partial charge in [0.05, 0.1) is 18.4 Å². The zero-order valence-electron chi connectivity index (χ0n) is 18.0. The molecule has 0 aliphatic heterocycles. The van der Waals surface area contributed by atoms with Crippen LogP contribution in [0.2, 0.25) is 0 Å². The van der Waals surface area contributed by atoms with Gasteiger partial charge in [-0.1, -0.05) is 72.8 Å². The lowest BCUT2D eigenvalue weighted by Crippen LogP contribution is -2.32. The van der Waals surface area contributed by atoms with Crippen molar-refractivity contribution in [3.63, 3.8) is 0 Å². The van der Waals surface area contributed by atoms with E-state index in [1.54, 1.807) is 11.0 Å². The topological polar surface area (TPSA) is 85.1 Å². The van der Waals surface area contributed by atoms with Gasteiger partial charge in [-0.2, -0.15) is 0 Å². The number of ether oxygens (including phenoxy) is 1. The molecule has 0 amide bonds. The number of aliphatic hydroxyl groups is 1. The number of hydrogen-bond donors (Lipinski definition) is 2. The van der Waals surface area contributed by atoms with E-state index in [1.165, 1.54) is 0 Å². The fraction of sp³-hybridized carbons (Fsp3) is 0.240. The van der Waals surface area contributed by atoms with Crippen molar-refractivity contribution in [3.05, 3.63) is 108 Å². The lowest BCUT2D eigenvalue weighted by atomic mass is 10.0. The minimum atomic E-state index is -0.632. The fourth-order valence-electron chi connectivity index (χ4n) is 3.53. The van der Waals surface area contributed by atoms with Crippen LogP contribution in [0.3, 0.4) is 0 Å². The molecule has 0 aliphatic rings. The number of nitrogens with one attached hydrogen (secondary N) is 1. The molecule has 164 valence electrons. The number of aliphatic hydroxyl groups excluding tert-OH is 1. The molecule has 32 heavy (non-hydrogen) atoms. The Kier molecular flexibility index (Phi) is 7.34. The molecule has 2 atom stereocenters. The van der Waals surface area contributed by atoms with Crippen LogP contribution in [0.1, 0.15) is 35.8 Å². The monoisotopic (exact) mass is 429 g/mol. The van der Waals surface area contributed by atoms with Gasteiger partial charge in [0.15, 0.2) is 0 Å². The van der Waals surface area contributed by atoms with E-state index in [2.05, 4.69) is 27.8 Å². The standard InChI is InChI=1S/C25H27N5O2/c1-19(20-12-14-23(15-13-20)30-18-27-28-29-30)26-16-24(31)17-32-25(21-8-4-2-5-9-21)22-10-6-3-7-11-22/h2-15,18-19,24-26,31H,16-17H2,1H3. The average molecular weight is 430 g/mol. The number of aromatic nitrogens is 4. The van der Waals surface area contributed by atoms with Gasteiger partial charge in [-0.3, -0.25) is 0 Å². The molecular formula is C25H27N5O2. The summed E-state index contributed by atoms with van der Waals surface area (Å²) in [6.45, 7) is 2.72. The number of nitrogens with zero attached hydrogens (tertiary/aromatic N) is 4. The SMILES string of the molecule is CC(NCC(O)COC(c1ccccc1)c1ccccc1)c1ccc(-n2cnnn2)cc1. The van der Waals surface area contributed by atoms with Crippen molar-refractivity contribution in [1.29, 1.82) is 0 Å². The Morgan fingerprint density at radius 1 is 0.875 bits per heavy atom. The summed E-state index contributed by atoms with van der Waals surface area (Å²) in [5, 5.41) is 25.1. The molecule has 4 aromatic rings. The van der Waals surface area contributed by atoms with Crippen molar-refractivity contribution in [1.82, 2.24) is 25.5 Å². The maximum absolute atomic E-state index is 10.5. The molecule has 7 nitrogen and oxygen atoms in total. The Labute approximate surface area is 187 Å². The molecule has 0 fully saturated rings. The summed E-state index contributed by atoms with van der Waals surface area (Å²) in [7, 11) is 0. The normalized spacial score (nSPS) is 13.2. The first kappa shape index (κ1) is 21.8. The van der Waals surface area contributed by atoms with E-state index < -0.39 is 6.10 Å². The Morgan fingerprint density at radius 3 is 2.06 bits per heavy atom. The van der Waals surface area contributed by atoms with Crippen LogP contribution in [0, 0.1) is 0 Å². The van der Waals surface area contributed by atoms with Crippen LogP contribution in [-0.2, 0) is 4.74 Å². The van der Waals surface area contributed by atoms with Crippen LogP contribution in [0.25, 0.3) is 5.69 Å². The molecule has 0 aliphatic carbocycles. The van der Waals surface area contributed by atoms with Crippen molar-refractivity contribution in [2.75, 3.05) is 13.2 Å². The average Bonchev–Trinajstić information content (AvgIpc) is 3.39. The highest BCUT2D eigenvalue weighted by Crippen LogP contribution is 2.26. The number of rotatable bonds is 10. The third kappa shape index (κ3) is 5.64. The second-order valence-corrected chi connectivity index (χ2v) is 7.66. The third-order valence-corrected chi connectivity index (χ3v) is 5.33. The lowest BCUT2D eigenvalue weighted by Gasteiger charge is -2.22. The fourth-order valence-corrected chi connectivity index (χ4v) is 3.53. The quantitative estimate of drug-likeness (QED) is 0.402. The Bertz CT molecular complexity index is 1020. The highest BCUT2D eigenvalue weighted by molar-refractivity contribution is 5.34. The van der Waals surface area contributed by atoms with Crippen LogP contribution >= 0.6 is 0 Å². The smallest absolute Gasteiger partial charge is 0.143 e. The van der Waals surface area contributed by atoms with Gasteiger partial charge in [0.1, 0.15) is 12.4 Å². The molecule has 3 aromatic carbocycles. The molecule has 2 unspecified atom stereocenters. The number of hydrogen-bond acceptors (Lipinski definition) is 6. The summed E-state index contributed by atoms with van der Waals surface area (Å²) >= 11 is 0. The van der Waals surface area contributed by atoms with Gasteiger partial charge in [0.2, 0.25) is 0 Å². The molecule has 1 heterocycles. The van der Waals surface area contributed by atoms with Crippen LogP contribution in [0.5, 0.6) is 0 Å². The first-order chi connectivity index (χ1) is 15.7. The second kappa shape index (κ2) is 10.8. The molecule has 2 N–H and O–H groups in total. The lowest BCUT2D eigenvalue weighted by molar-refractivity contribution is 0.00578. The Balaban J connectivity index is 1.31. The molecule has 0 spiro atoms. The number of tetrazole rings is 1. The molecule has 7 heteroatoms. The molecule has 0 saturated heterocycles. The Morgan fingerprint density at radius 2 is 1.50 bits per heavy atom. The maximum atomic E-state index is 10.5.